The third kappa shape index (κ3) is 2.52. The molecular formula is C11H18NO+. The van der Waals surface area contributed by atoms with Gasteiger partial charge in [0.25, 0.3) is 0 Å². The van der Waals surface area contributed by atoms with Crippen molar-refractivity contribution in [1.82, 2.24) is 0 Å². The first kappa shape index (κ1) is 10.2. The van der Waals surface area contributed by atoms with Gasteiger partial charge in [0.1, 0.15) is 7.05 Å². The number of aromatic nitrogens is 1. The van der Waals surface area contributed by atoms with E-state index in [4.69, 9.17) is 0 Å². The van der Waals surface area contributed by atoms with E-state index in [9.17, 15) is 5.11 Å². The Bertz CT molecular complexity index is 271. The van der Waals surface area contributed by atoms with Crippen molar-refractivity contribution in [3.8, 4) is 0 Å². The van der Waals surface area contributed by atoms with Gasteiger partial charge >= 0.3 is 0 Å². The molecule has 0 saturated carbocycles. The molecule has 13 heavy (non-hydrogen) atoms. The second-order valence-electron chi connectivity index (χ2n) is 4.57. The number of nitrogens with zero attached hydrogens (tertiary/aromatic N) is 1. The van der Waals surface area contributed by atoms with E-state index in [1.165, 1.54) is 0 Å². The molecule has 0 saturated heterocycles. The lowest BCUT2D eigenvalue weighted by atomic mass is 9.85. The summed E-state index contributed by atoms with van der Waals surface area (Å²) in [5.41, 5.74) is 0.880. The van der Waals surface area contributed by atoms with Crippen molar-refractivity contribution < 1.29 is 9.67 Å². The van der Waals surface area contributed by atoms with E-state index in [0.29, 0.717) is 0 Å². The summed E-state index contributed by atoms with van der Waals surface area (Å²) in [6, 6.07) is 3.91. The lowest BCUT2D eigenvalue weighted by molar-refractivity contribution is -0.671. The van der Waals surface area contributed by atoms with E-state index in [2.05, 4.69) is 0 Å². The topological polar surface area (TPSA) is 24.1 Å². The maximum atomic E-state index is 9.94. The van der Waals surface area contributed by atoms with Crippen LogP contribution in [0.4, 0.5) is 0 Å². The van der Waals surface area contributed by atoms with E-state index in [1.807, 2.05) is 56.9 Å². The smallest absolute Gasteiger partial charge is 0.168 e. The second kappa shape index (κ2) is 3.46. The molecule has 0 bridgehead atoms. The van der Waals surface area contributed by atoms with Crippen molar-refractivity contribution in [2.75, 3.05) is 0 Å². The minimum absolute atomic E-state index is 0.0973. The van der Waals surface area contributed by atoms with Gasteiger partial charge in [-0.2, -0.15) is 0 Å². The highest BCUT2D eigenvalue weighted by Gasteiger charge is 2.23. The molecule has 0 spiro atoms. The third-order valence-electron chi connectivity index (χ3n) is 2.14. The molecule has 1 rings (SSSR count). The van der Waals surface area contributed by atoms with Gasteiger partial charge in [0.05, 0.1) is 6.10 Å². The van der Waals surface area contributed by atoms with Crippen LogP contribution in [0.15, 0.2) is 24.5 Å². The number of aliphatic hydroxyl groups excluding tert-OH is 1. The van der Waals surface area contributed by atoms with Crippen molar-refractivity contribution >= 4 is 0 Å². The predicted octanol–water partition coefficient (Wildman–Crippen LogP) is 1.59. The van der Waals surface area contributed by atoms with Crippen molar-refractivity contribution in [3.63, 3.8) is 0 Å². The van der Waals surface area contributed by atoms with Gasteiger partial charge < -0.3 is 5.11 Å². The van der Waals surface area contributed by atoms with Crippen LogP contribution in [0.25, 0.3) is 0 Å². The first-order valence-electron chi connectivity index (χ1n) is 4.54. The molecule has 72 valence electrons. The van der Waals surface area contributed by atoms with Crippen LogP contribution in [0.2, 0.25) is 0 Å². The van der Waals surface area contributed by atoms with E-state index < -0.39 is 6.10 Å². The Hall–Kier alpha value is -0.890. The van der Waals surface area contributed by atoms with Crippen molar-refractivity contribution in [2.45, 2.75) is 26.9 Å². The average Bonchev–Trinajstić information content (AvgIpc) is 2.03. The Morgan fingerprint density at radius 1 is 1.23 bits per heavy atom. The summed E-state index contributed by atoms with van der Waals surface area (Å²) in [7, 11) is 1.97. The molecule has 0 aliphatic rings. The minimum Gasteiger partial charge on any atom is -0.388 e. The Balaban J connectivity index is 2.90. The first-order chi connectivity index (χ1) is 5.91. The normalized spacial score (nSPS) is 14.2. The summed E-state index contributed by atoms with van der Waals surface area (Å²) in [4.78, 5) is 0. The summed E-state index contributed by atoms with van der Waals surface area (Å²) in [6.07, 6.45) is 3.50. The molecule has 0 amide bonds. The fourth-order valence-electron chi connectivity index (χ4n) is 1.19. The number of rotatable bonds is 1. The number of pyridine rings is 1. The molecule has 1 heterocycles. The summed E-state index contributed by atoms with van der Waals surface area (Å²) < 4.78 is 1.96. The molecule has 1 aromatic heterocycles. The summed E-state index contributed by atoms with van der Waals surface area (Å²) in [6.45, 7) is 6.10. The van der Waals surface area contributed by atoms with Gasteiger partial charge in [-0.15, -0.1) is 0 Å². The number of aryl methyl sites for hydroxylation is 1. The monoisotopic (exact) mass is 180 g/mol. The quantitative estimate of drug-likeness (QED) is 0.652. The molecular weight excluding hydrogens is 162 g/mol. The van der Waals surface area contributed by atoms with Crippen molar-refractivity contribution in [1.29, 1.82) is 0 Å². The van der Waals surface area contributed by atoms with Crippen LogP contribution in [0.5, 0.6) is 0 Å². The number of aliphatic hydroxyl groups is 1. The van der Waals surface area contributed by atoms with Crippen LogP contribution in [0.3, 0.4) is 0 Å². The van der Waals surface area contributed by atoms with E-state index in [0.717, 1.165) is 5.56 Å². The highest BCUT2D eigenvalue weighted by Crippen LogP contribution is 2.31. The van der Waals surface area contributed by atoms with Gasteiger partial charge in [-0.05, 0) is 11.0 Å². The average molecular weight is 180 g/mol. The zero-order valence-corrected chi connectivity index (χ0v) is 8.78. The van der Waals surface area contributed by atoms with Crippen molar-refractivity contribution in [3.05, 3.63) is 30.1 Å². The van der Waals surface area contributed by atoms with E-state index >= 15 is 0 Å². The number of hydrogen-bond acceptors (Lipinski definition) is 1. The fourth-order valence-corrected chi connectivity index (χ4v) is 1.19. The van der Waals surface area contributed by atoms with Crippen LogP contribution in [-0.4, -0.2) is 5.11 Å². The molecule has 1 aromatic rings. The Morgan fingerprint density at radius 2 is 1.69 bits per heavy atom. The Kier molecular flexibility index (Phi) is 2.71. The molecule has 0 aliphatic heterocycles. The predicted molar refractivity (Wildman–Crippen MR) is 52.0 cm³/mol. The Labute approximate surface area is 79.8 Å². The number of hydrogen-bond donors (Lipinski definition) is 1. The molecule has 0 aliphatic carbocycles. The molecule has 1 unspecified atom stereocenters. The van der Waals surface area contributed by atoms with Crippen LogP contribution in [-0.2, 0) is 7.05 Å². The van der Waals surface area contributed by atoms with Gasteiger partial charge in [-0.25, -0.2) is 4.57 Å². The summed E-state index contributed by atoms with van der Waals surface area (Å²) >= 11 is 0. The van der Waals surface area contributed by atoms with Gasteiger partial charge in [0, 0.05) is 12.1 Å². The molecule has 1 N–H and O–H groups in total. The van der Waals surface area contributed by atoms with Crippen molar-refractivity contribution in [2.24, 2.45) is 12.5 Å². The summed E-state index contributed by atoms with van der Waals surface area (Å²) in [5.74, 6) is 0. The van der Waals surface area contributed by atoms with Crippen LogP contribution in [0.1, 0.15) is 32.4 Å². The third-order valence-corrected chi connectivity index (χ3v) is 2.14. The largest absolute Gasteiger partial charge is 0.388 e. The zero-order chi connectivity index (χ0) is 10.1. The molecule has 2 heteroatoms. The van der Waals surface area contributed by atoms with Crippen LogP contribution >= 0.6 is 0 Å². The second-order valence-corrected chi connectivity index (χ2v) is 4.57. The first-order valence-corrected chi connectivity index (χ1v) is 4.54. The maximum absolute atomic E-state index is 9.94. The molecule has 0 aromatic carbocycles. The Morgan fingerprint density at radius 3 is 2.08 bits per heavy atom. The summed E-state index contributed by atoms with van der Waals surface area (Å²) in [5, 5.41) is 9.94. The molecule has 1 atom stereocenters. The standard InChI is InChI=1S/C11H18NO/c1-11(2,3)10(13)9-5-7-12(4)8-6-9/h5-8,10,13H,1-4H3/q+1. The SMILES string of the molecule is C[n+]1ccc(C(O)C(C)(C)C)cc1. The van der Waals surface area contributed by atoms with E-state index in [1.54, 1.807) is 0 Å². The van der Waals surface area contributed by atoms with Crippen LogP contribution in [0, 0.1) is 5.41 Å². The highest BCUT2D eigenvalue weighted by atomic mass is 16.3. The minimum atomic E-state index is -0.395. The fraction of sp³-hybridized carbons (Fsp3) is 0.545. The zero-order valence-electron chi connectivity index (χ0n) is 8.78. The highest BCUT2D eigenvalue weighted by molar-refractivity contribution is 5.13. The molecule has 0 radical (unpaired) electrons. The van der Waals surface area contributed by atoms with Gasteiger partial charge in [0.15, 0.2) is 12.4 Å². The molecule has 0 fully saturated rings. The maximum Gasteiger partial charge on any atom is 0.168 e. The van der Waals surface area contributed by atoms with Gasteiger partial charge in [0.2, 0.25) is 0 Å². The molecule has 2 nitrogen and oxygen atoms in total. The van der Waals surface area contributed by atoms with Crippen LogP contribution < -0.4 is 4.57 Å². The lowest BCUT2D eigenvalue weighted by Gasteiger charge is -2.25. The van der Waals surface area contributed by atoms with Gasteiger partial charge in [-0.1, -0.05) is 20.8 Å². The van der Waals surface area contributed by atoms with E-state index in [-0.39, 0.29) is 5.41 Å². The lowest BCUT2D eigenvalue weighted by Crippen LogP contribution is -2.27. The van der Waals surface area contributed by atoms with Gasteiger partial charge in [-0.3, -0.25) is 0 Å².